The van der Waals surface area contributed by atoms with Gasteiger partial charge in [-0.05, 0) is 43.9 Å². The van der Waals surface area contributed by atoms with Gasteiger partial charge in [-0.2, -0.15) is 0 Å². The normalized spacial score (nSPS) is 29.8. The van der Waals surface area contributed by atoms with Crippen molar-refractivity contribution in [1.29, 1.82) is 0 Å². The Morgan fingerprint density at radius 3 is 2.62 bits per heavy atom. The Balaban J connectivity index is 1.58. The second-order valence-electron chi connectivity index (χ2n) is 5.99. The lowest BCUT2D eigenvalue weighted by Crippen LogP contribution is -2.48. The maximum absolute atomic E-state index is 12.8. The number of carbonyl (C=O) groups excluding carboxylic acids is 1. The summed E-state index contributed by atoms with van der Waals surface area (Å²) < 4.78 is 16.2. The third kappa shape index (κ3) is 2.07. The van der Waals surface area contributed by atoms with Crippen molar-refractivity contribution in [3.05, 3.63) is 23.8 Å². The van der Waals surface area contributed by atoms with Gasteiger partial charge in [0.25, 0.3) is 5.91 Å². The first-order valence-corrected chi connectivity index (χ1v) is 7.51. The van der Waals surface area contributed by atoms with Crippen LogP contribution in [0.2, 0.25) is 0 Å². The lowest BCUT2D eigenvalue weighted by atomic mass is 9.98. The van der Waals surface area contributed by atoms with Gasteiger partial charge in [-0.3, -0.25) is 4.79 Å². The molecule has 1 amide bonds. The van der Waals surface area contributed by atoms with Gasteiger partial charge < -0.3 is 19.1 Å². The predicted molar refractivity (Wildman–Crippen MR) is 75.6 cm³/mol. The summed E-state index contributed by atoms with van der Waals surface area (Å²) in [5, 5.41) is 0. The van der Waals surface area contributed by atoms with Gasteiger partial charge in [0.15, 0.2) is 11.5 Å². The molecule has 1 unspecified atom stereocenters. The van der Waals surface area contributed by atoms with E-state index in [1.165, 1.54) is 0 Å². The zero-order valence-electron chi connectivity index (χ0n) is 12.1. The molecule has 112 valence electrons. The minimum Gasteiger partial charge on any atom is -0.454 e. The fraction of sp³-hybridized carbons (Fsp3) is 0.562. The summed E-state index contributed by atoms with van der Waals surface area (Å²) >= 11 is 0. The highest BCUT2D eigenvalue weighted by atomic mass is 16.7. The molecule has 1 aromatic carbocycles. The first-order chi connectivity index (χ1) is 10.3. The highest BCUT2D eigenvalue weighted by Crippen LogP contribution is 2.39. The number of carbonyl (C=O) groups is 1. The molecular weight excluding hydrogens is 270 g/mol. The van der Waals surface area contributed by atoms with E-state index in [1.807, 2.05) is 12.1 Å². The average molecular weight is 289 g/mol. The number of hydrogen-bond acceptors (Lipinski definition) is 4. The zero-order chi connectivity index (χ0) is 14.4. The van der Waals surface area contributed by atoms with Gasteiger partial charge in [-0.15, -0.1) is 0 Å². The molecule has 21 heavy (non-hydrogen) atoms. The van der Waals surface area contributed by atoms with E-state index in [2.05, 4.69) is 4.90 Å². The average Bonchev–Trinajstić information content (AvgIpc) is 3.08. The van der Waals surface area contributed by atoms with E-state index in [1.54, 1.807) is 13.2 Å². The number of nitrogens with zero attached hydrogens (tertiary/aromatic N) is 1. The quantitative estimate of drug-likeness (QED) is 0.837. The number of fused-ring (bicyclic) bond motifs is 3. The van der Waals surface area contributed by atoms with Crippen LogP contribution in [0.5, 0.6) is 11.5 Å². The van der Waals surface area contributed by atoms with Crippen LogP contribution in [-0.4, -0.2) is 42.9 Å². The van der Waals surface area contributed by atoms with Crippen LogP contribution >= 0.6 is 0 Å². The van der Waals surface area contributed by atoms with Gasteiger partial charge in [0, 0.05) is 24.8 Å². The van der Waals surface area contributed by atoms with Crippen LogP contribution in [0.4, 0.5) is 0 Å². The SMILES string of the molecule is COC1C[C@H]2CC[C@@H](C1)N2C(=O)c1ccc2c(c1)OCO2. The van der Waals surface area contributed by atoms with Crippen molar-refractivity contribution in [2.45, 2.75) is 43.9 Å². The standard InChI is InChI=1S/C16H19NO4/c1-19-13-7-11-3-4-12(8-13)17(11)16(18)10-2-5-14-15(6-10)21-9-20-14/h2,5-6,11-13H,3-4,7-9H2,1H3/t11-,12+,13?. The molecule has 0 spiro atoms. The van der Waals surface area contributed by atoms with Crippen LogP contribution in [0.1, 0.15) is 36.0 Å². The molecule has 5 nitrogen and oxygen atoms in total. The Labute approximate surface area is 123 Å². The first-order valence-electron chi connectivity index (χ1n) is 7.51. The minimum absolute atomic E-state index is 0.107. The number of methoxy groups -OCH3 is 1. The predicted octanol–water partition coefficient (Wildman–Crippen LogP) is 2.20. The Morgan fingerprint density at radius 1 is 1.19 bits per heavy atom. The molecule has 3 aliphatic heterocycles. The molecular formula is C16H19NO4. The molecule has 3 aliphatic rings. The Bertz CT molecular complexity index is 559. The number of piperidine rings is 1. The smallest absolute Gasteiger partial charge is 0.254 e. The number of hydrogen-bond donors (Lipinski definition) is 0. The van der Waals surface area contributed by atoms with Crippen LogP contribution in [0, 0.1) is 0 Å². The largest absolute Gasteiger partial charge is 0.454 e. The van der Waals surface area contributed by atoms with E-state index in [0.29, 0.717) is 35.3 Å². The number of benzene rings is 1. The van der Waals surface area contributed by atoms with Crippen molar-refractivity contribution < 1.29 is 19.0 Å². The number of ether oxygens (including phenoxy) is 3. The molecule has 0 aromatic heterocycles. The van der Waals surface area contributed by atoms with Crippen LogP contribution in [0.25, 0.3) is 0 Å². The summed E-state index contributed by atoms with van der Waals surface area (Å²) in [5.74, 6) is 1.49. The fourth-order valence-electron chi connectivity index (χ4n) is 3.83. The highest BCUT2D eigenvalue weighted by molar-refractivity contribution is 5.95. The van der Waals surface area contributed by atoms with Crippen LogP contribution < -0.4 is 9.47 Å². The maximum Gasteiger partial charge on any atom is 0.254 e. The van der Waals surface area contributed by atoms with Gasteiger partial charge in [0.05, 0.1) is 6.10 Å². The van der Waals surface area contributed by atoms with Gasteiger partial charge in [0.1, 0.15) is 0 Å². The molecule has 4 rings (SSSR count). The number of amides is 1. The number of rotatable bonds is 2. The van der Waals surface area contributed by atoms with Gasteiger partial charge in [0.2, 0.25) is 6.79 Å². The lowest BCUT2D eigenvalue weighted by molar-refractivity contribution is 0.00821. The topological polar surface area (TPSA) is 48.0 Å². The molecule has 0 aliphatic carbocycles. The molecule has 3 heterocycles. The molecule has 1 aromatic rings. The molecule has 0 saturated carbocycles. The van der Waals surface area contributed by atoms with Gasteiger partial charge in [-0.25, -0.2) is 0 Å². The summed E-state index contributed by atoms with van der Waals surface area (Å²) in [5.41, 5.74) is 0.687. The second-order valence-corrected chi connectivity index (χ2v) is 5.99. The van der Waals surface area contributed by atoms with E-state index < -0.39 is 0 Å². The summed E-state index contributed by atoms with van der Waals surface area (Å²) in [6.07, 6.45) is 4.36. The summed E-state index contributed by atoms with van der Waals surface area (Å²) in [6.45, 7) is 0.234. The molecule has 2 fully saturated rings. The van der Waals surface area contributed by atoms with Crippen LogP contribution in [-0.2, 0) is 4.74 Å². The van der Waals surface area contributed by atoms with Crippen molar-refractivity contribution >= 4 is 5.91 Å². The molecule has 0 radical (unpaired) electrons. The third-order valence-electron chi connectivity index (χ3n) is 4.88. The third-order valence-corrected chi connectivity index (χ3v) is 4.88. The van der Waals surface area contributed by atoms with Crippen LogP contribution in [0.15, 0.2) is 18.2 Å². The van der Waals surface area contributed by atoms with Gasteiger partial charge >= 0.3 is 0 Å². The van der Waals surface area contributed by atoms with E-state index in [0.717, 1.165) is 25.7 Å². The molecule has 2 saturated heterocycles. The van der Waals surface area contributed by atoms with Crippen molar-refractivity contribution in [1.82, 2.24) is 4.90 Å². The Kier molecular flexibility index (Phi) is 3.03. The van der Waals surface area contributed by atoms with E-state index >= 15 is 0 Å². The monoisotopic (exact) mass is 289 g/mol. The van der Waals surface area contributed by atoms with Crippen molar-refractivity contribution in [3.63, 3.8) is 0 Å². The first kappa shape index (κ1) is 13.0. The minimum atomic E-state index is 0.107. The summed E-state index contributed by atoms with van der Waals surface area (Å²) in [7, 11) is 1.76. The molecule has 2 bridgehead atoms. The van der Waals surface area contributed by atoms with Crippen molar-refractivity contribution in [3.8, 4) is 11.5 Å². The van der Waals surface area contributed by atoms with E-state index in [4.69, 9.17) is 14.2 Å². The maximum atomic E-state index is 12.8. The summed E-state index contributed by atoms with van der Waals surface area (Å²) in [4.78, 5) is 14.9. The Hall–Kier alpha value is -1.75. The molecule has 5 heteroatoms. The van der Waals surface area contributed by atoms with Crippen molar-refractivity contribution in [2.75, 3.05) is 13.9 Å². The van der Waals surface area contributed by atoms with Crippen LogP contribution in [0.3, 0.4) is 0 Å². The highest BCUT2D eigenvalue weighted by Gasteiger charge is 2.43. The second kappa shape index (κ2) is 4.91. The molecule has 3 atom stereocenters. The van der Waals surface area contributed by atoms with Gasteiger partial charge in [-0.1, -0.05) is 0 Å². The summed E-state index contributed by atoms with van der Waals surface area (Å²) in [6, 6.07) is 6.07. The zero-order valence-corrected chi connectivity index (χ0v) is 12.1. The lowest BCUT2D eigenvalue weighted by Gasteiger charge is -2.38. The Morgan fingerprint density at radius 2 is 1.90 bits per heavy atom. The van der Waals surface area contributed by atoms with E-state index in [-0.39, 0.29) is 12.7 Å². The van der Waals surface area contributed by atoms with Crippen molar-refractivity contribution in [2.24, 2.45) is 0 Å². The molecule has 0 N–H and O–H groups in total. The fourth-order valence-corrected chi connectivity index (χ4v) is 3.83. The van der Waals surface area contributed by atoms with E-state index in [9.17, 15) is 4.79 Å².